The van der Waals surface area contributed by atoms with Crippen LogP contribution < -0.4 is 5.32 Å². The van der Waals surface area contributed by atoms with Crippen LogP contribution >= 0.6 is 0 Å². The van der Waals surface area contributed by atoms with Gasteiger partial charge in [0.2, 0.25) is 0 Å². The van der Waals surface area contributed by atoms with Crippen molar-refractivity contribution in [1.29, 1.82) is 0 Å². The molecule has 1 aliphatic heterocycles. The lowest BCUT2D eigenvalue weighted by Crippen LogP contribution is -2.58. The van der Waals surface area contributed by atoms with Crippen molar-refractivity contribution in [3.8, 4) is 0 Å². The van der Waals surface area contributed by atoms with Gasteiger partial charge in [-0.1, -0.05) is 19.8 Å². The molecule has 1 saturated heterocycles. The molecule has 2 fully saturated rings. The molecule has 0 aromatic rings. The van der Waals surface area contributed by atoms with E-state index in [-0.39, 0.29) is 0 Å². The highest BCUT2D eigenvalue weighted by molar-refractivity contribution is 4.88. The second-order valence-electron chi connectivity index (χ2n) is 5.75. The summed E-state index contributed by atoms with van der Waals surface area (Å²) >= 11 is 0. The Hall–Kier alpha value is -0.0800. The van der Waals surface area contributed by atoms with Crippen LogP contribution in [0.3, 0.4) is 0 Å². The van der Waals surface area contributed by atoms with Crippen molar-refractivity contribution in [2.24, 2.45) is 5.92 Å². The lowest BCUT2D eigenvalue weighted by atomic mass is 9.84. The quantitative estimate of drug-likeness (QED) is 0.714. The molecular formula is C13H26N2. The molecule has 0 amide bonds. The molecule has 4 atom stereocenters. The molecule has 0 aromatic carbocycles. The molecule has 1 N–H and O–H groups in total. The van der Waals surface area contributed by atoms with E-state index < -0.39 is 0 Å². The van der Waals surface area contributed by atoms with Gasteiger partial charge >= 0.3 is 0 Å². The van der Waals surface area contributed by atoms with E-state index >= 15 is 0 Å². The maximum absolute atomic E-state index is 3.62. The molecule has 1 saturated carbocycles. The predicted octanol–water partition coefficient (Wildman–Crippen LogP) is 2.25. The fourth-order valence-corrected chi connectivity index (χ4v) is 3.48. The molecule has 2 rings (SSSR count). The molecule has 0 bridgehead atoms. The second kappa shape index (κ2) is 4.84. The van der Waals surface area contributed by atoms with E-state index in [0.717, 1.165) is 12.0 Å². The molecule has 0 spiro atoms. The Morgan fingerprint density at radius 1 is 0.933 bits per heavy atom. The van der Waals surface area contributed by atoms with Gasteiger partial charge in [0, 0.05) is 31.2 Å². The van der Waals surface area contributed by atoms with Crippen LogP contribution in [0, 0.1) is 5.92 Å². The van der Waals surface area contributed by atoms with Gasteiger partial charge in [-0.3, -0.25) is 4.90 Å². The SMILES string of the molecule is CC1CN(C2CCCCC2C)CC(C)N1. The van der Waals surface area contributed by atoms with Gasteiger partial charge in [-0.25, -0.2) is 0 Å². The summed E-state index contributed by atoms with van der Waals surface area (Å²) < 4.78 is 0. The third kappa shape index (κ3) is 2.73. The minimum Gasteiger partial charge on any atom is -0.309 e. The van der Waals surface area contributed by atoms with Crippen LogP contribution in [0.4, 0.5) is 0 Å². The first kappa shape index (κ1) is 11.4. The summed E-state index contributed by atoms with van der Waals surface area (Å²) in [5.74, 6) is 0.913. The number of hydrogen-bond donors (Lipinski definition) is 1. The van der Waals surface area contributed by atoms with Crippen molar-refractivity contribution in [1.82, 2.24) is 10.2 Å². The van der Waals surface area contributed by atoms with E-state index in [9.17, 15) is 0 Å². The van der Waals surface area contributed by atoms with Gasteiger partial charge in [-0.15, -0.1) is 0 Å². The highest BCUT2D eigenvalue weighted by Gasteiger charge is 2.31. The minimum absolute atomic E-state index is 0.669. The smallest absolute Gasteiger partial charge is 0.0169 e. The van der Waals surface area contributed by atoms with Gasteiger partial charge < -0.3 is 5.32 Å². The first-order chi connectivity index (χ1) is 7.16. The Kier molecular flexibility index (Phi) is 3.68. The summed E-state index contributed by atoms with van der Waals surface area (Å²) in [5.41, 5.74) is 0. The van der Waals surface area contributed by atoms with Crippen LogP contribution in [0.5, 0.6) is 0 Å². The Morgan fingerprint density at radius 3 is 2.13 bits per heavy atom. The van der Waals surface area contributed by atoms with E-state index in [1.807, 2.05) is 0 Å². The maximum Gasteiger partial charge on any atom is 0.0169 e. The number of rotatable bonds is 1. The second-order valence-corrected chi connectivity index (χ2v) is 5.75. The molecule has 1 heterocycles. The molecule has 0 aromatic heterocycles. The van der Waals surface area contributed by atoms with Crippen LogP contribution in [0.15, 0.2) is 0 Å². The topological polar surface area (TPSA) is 15.3 Å². The van der Waals surface area contributed by atoms with Crippen LogP contribution in [0.2, 0.25) is 0 Å². The zero-order chi connectivity index (χ0) is 10.8. The van der Waals surface area contributed by atoms with Crippen LogP contribution in [0.25, 0.3) is 0 Å². The molecule has 15 heavy (non-hydrogen) atoms. The van der Waals surface area contributed by atoms with E-state index in [1.54, 1.807) is 0 Å². The minimum atomic E-state index is 0.669. The highest BCUT2D eigenvalue weighted by Crippen LogP contribution is 2.29. The fourth-order valence-electron chi connectivity index (χ4n) is 3.48. The zero-order valence-corrected chi connectivity index (χ0v) is 10.5. The van der Waals surface area contributed by atoms with Gasteiger partial charge in [-0.2, -0.15) is 0 Å². The first-order valence-electron chi connectivity index (χ1n) is 6.67. The van der Waals surface area contributed by atoms with Gasteiger partial charge in [-0.05, 0) is 32.6 Å². The summed E-state index contributed by atoms with van der Waals surface area (Å²) in [6.45, 7) is 9.58. The Balaban J connectivity index is 1.95. The molecule has 2 heteroatoms. The number of nitrogens with one attached hydrogen (secondary N) is 1. The van der Waals surface area contributed by atoms with Crippen molar-refractivity contribution in [2.45, 2.75) is 64.6 Å². The Bertz CT molecular complexity index is 195. The van der Waals surface area contributed by atoms with E-state index in [4.69, 9.17) is 0 Å². The van der Waals surface area contributed by atoms with Crippen molar-refractivity contribution < 1.29 is 0 Å². The van der Waals surface area contributed by atoms with E-state index in [1.165, 1.54) is 38.8 Å². The average Bonchev–Trinajstić information content (AvgIpc) is 2.16. The zero-order valence-electron chi connectivity index (χ0n) is 10.5. The van der Waals surface area contributed by atoms with Crippen LogP contribution in [-0.4, -0.2) is 36.1 Å². The predicted molar refractivity (Wildman–Crippen MR) is 65.1 cm³/mol. The third-order valence-electron chi connectivity index (χ3n) is 4.12. The highest BCUT2D eigenvalue weighted by atomic mass is 15.2. The lowest BCUT2D eigenvalue weighted by Gasteiger charge is -2.44. The molecular weight excluding hydrogens is 184 g/mol. The van der Waals surface area contributed by atoms with Gasteiger partial charge in [0.15, 0.2) is 0 Å². The molecule has 2 nitrogen and oxygen atoms in total. The monoisotopic (exact) mass is 210 g/mol. The number of piperazine rings is 1. The largest absolute Gasteiger partial charge is 0.309 e. The van der Waals surface area contributed by atoms with Gasteiger partial charge in [0.1, 0.15) is 0 Å². The number of nitrogens with zero attached hydrogens (tertiary/aromatic N) is 1. The summed E-state index contributed by atoms with van der Waals surface area (Å²) in [5, 5.41) is 3.62. The molecule has 88 valence electrons. The molecule has 4 unspecified atom stereocenters. The van der Waals surface area contributed by atoms with E-state index in [2.05, 4.69) is 31.0 Å². The molecule has 2 aliphatic rings. The van der Waals surface area contributed by atoms with Crippen molar-refractivity contribution in [3.05, 3.63) is 0 Å². The summed E-state index contributed by atoms with van der Waals surface area (Å²) in [7, 11) is 0. The molecule has 0 radical (unpaired) electrons. The molecule has 1 aliphatic carbocycles. The summed E-state index contributed by atoms with van der Waals surface area (Å²) in [4.78, 5) is 2.75. The fraction of sp³-hybridized carbons (Fsp3) is 1.00. The van der Waals surface area contributed by atoms with Crippen molar-refractivity contribution in [3.63, 3.8) is 0 Å². The van der Waals surface area contributed by atoms with Gasteiger partial charge in [0.05, 0.1) is 0 Å². The Labute approximate surface area is 94.4 Å². The summed E-state index contributed by atoms with van der Waals surface area (Å²) in [6.07, 6.45) is 5.77. The van der Waals surface area contributed by atoms with Crippen molar-refractivity contribution >= 4 is 0 Å². The third-order valence-corrected chi connectivity index (χ3v) is 4.12. The van der Waals surface area contributed by atoms with E-state index in [0.29, 0.717) is 12.1 Å². The van der Waals surface area contributed by atoms with Gasteiger partial charge in [0.25, 0.3) is 0 Å². The van der Waals surface area contributed by atoms with Crippen LogP contribution in [0.1, 0.15) is 46.5 Å². The number of hydrogen-bond acceptors (Lipinski definition) is 2. The maximum atomic E-state index is 3.62. The lowest BCUT2D eigenvalue weighted by molar-refractivity contribution is 0.0681. The average molecular weight is 210 g/mol. The normalized spacial score (nSPS) is 44.2. The van der Waals surface area contributed by atoms with Crippen LogP contribution in [-0.2, 0) is 0 Å². The summed E-state index contributed by atoms with van der Waals surface area (Å²) in [6, 6.07) is 2.21. The standard InChI is InChI=1S/C13H26N2/c1-10-6-4-5-7-13(10)15-8-11(2)14-12(3)9-15/h10-14H,4-9H2,1-3H3. The first-order valence-corrected chi connectivity index (χ1v) is 6.67. The van der Waals surface area contributed by atoms with Crippen molar-refractivity contribution in [2.75, 3.05) is 13.1 Å². The Morgan fingerprint density at radius 2 is 1.53 bits per heavy atom.